The highest BCUT2D eigenvalue weighted by atomic mass is 16.7. The van der Waals surface area contributed by atoms with Gasteiger partial charge in [0.2, 0.25) is 0 Å². The molecule has 1 saturated heterocycles. The lowest BCUT2D eigenvalue weighted by Crippen LogP contribution is -2.62. The zero-order chi connectivity index (χ0) is 23.5. The summed E-state index contributed by atoms with van der Waals surface area (Å²) < 4.78 is 12.0. The van der Waals surface area contributed by atoms with E-state index in [0.29, 0.717) is 11.8 Å². The first-order valence-electron chi connectivity index (χ1n) is 12.3. The van der Waals surface area contributed by atoms with Gasteiger partial charge in [0, 0.05) is 5.41 Å². The normalized spacial score (nSPS) is 50.7. The smallest absolute Gasteiger partial charge is 0.186 e. The molecule has 6 heteroatoms. The van der Waals surface area contributed by atoms with E-state index in [1.165, 1.54) is 6.42 Å². The minimum Gasteiger partial charge on any atom is -0.394 e. The Bertz CT molecular complexity index is 747. The van der Waals surface area contributed by atoms with Crippen LogP contribution < -0.4 is 0 Å². The zero-order valence-electron chi connectivity index (χ0n) is 20.0. The van der Waals surface area contributed by atoms with Crippen LogP contribution in [0.5, 0.6) is 0 Å². The summed E-state index contributed by atoms with van der Waals surface area (Å²) in [5.74, 6) is 1.05. The van der Waals surface area contributed by atoms with E-state index in [9.17, 15) is 20.4 Å². The lowest BCUT2D eigenvalue weighted by Gasteiger charge is -2.61. The Morgan fingerprint density at radius 1 is 1.06 bits per heavy atom. The van der Waals surface area contributed by atoms with Crippen LogP contribution in [0.4, 0.5) is 0 Å². The molecule has 32 heavy (non-hydrogen) atoms. The van der Waals surface area contributed by atoms with E-state index in [2.05, 4.69) is 46.4 Å². The topological polar surface area (TPSA) is 99.4 Å². The third-order valence-corrected chi connectivity index (χ3v) is 9.53. The van der Waals surface area contributed by atoms with Crippen molar-refractivity contribution in [2.45, 2.75) is 103 Å². The molecule has 10 atom stereocenters. The molecular formula is C26H42O6. The van der Waals surface area contributed by atoms with Crippen LogP contribution in [-0.4, -0.2) is 63.8 Å². The molecule has 0 aromatic carbocycles. The molecule has 0 radical (unpaired) electrons. The minimum absolute atomic E-state index is 0.105. The van der Waals surface area contributed by atoms with E-state index >= 15 is 0 Å². The lowest BCUT2D eigenvalue weighted by molar-refractivity contribution is -0.327. The van der Waals surface area contributed by atoms with Gasteiger partial charge >= 0.3 is 0 Å². The lowest BCUT2D eigenvalue weighted by atomic mass is 9.45. The summed E-state index contributed by atoms with van der Waals surface area (Å²) in [4.78, 5) is 0. The van der Waals surface area contributed by atoms with Crippen molar-refractivity contribution >= 4 is 0 Å². The summed E-state index contributed by atoms with van der Waals surface area (Å²) in [6.45, 7) is 12.9. The molecular weight excluding hydrogens is 408 g/mol. The Kier molecular flexibility index (Phi) is 6.45. The maximum atomic E-state index is 10.5. The maximum Gasteiger partial charge on any atom is 0.186 e. The standard InChI is InChI=1S/C26H42O6/c1-6-25(4)11-9-16-15(13-25)7-8-18-24(2,3)19(10-12-26(16,18)5)32-23-22(30)21(29)20(28)17(14-27)31-23/h6,13,16-23,27-30H,1,7-12,14H2,2-5H3. The van der Waals surface area contributed by atoms with Crippen molar-refractivity contribution < 1.29 is 29.9 Å². The molecule has 0 aromatic heterocycles. The zero-order valence-corrected chi connectivity index (χ0v) is 20.0. The van der Waals surface area contributed by atoms with Gasteiger partial charge in [0.15, 0.2) is 6.29 Å². The molecule has 1 aliphatic heterocycles. The van der Waals surface area contributed by atoms with Gasteiger partial charge in [-0.15, -0.1) is 6.58 Å². The number of allylic oxidation sites excluding steroid dienone is 3. The number of ether oxygens (including phenoxy) is 2. The fourth-order valence-corrected chi connectivity index (χ4v) is 7.48. The van der Waals surface area contributed by atoms with E-state index in [0.717, 1.165) is 32.1 Å². The molecule has 182 valence electrons. The number of fused-ring (bicyclic) bond motifs is 3. The number of rotatable bonds is 4. The molecule has 6 nitrogen and oxygen atoms in total. The Labute approximate surface area is 192 Å². The Morgan fingerprint density at radius 3 is 2.44 bits per heavy atom. The number of aliphatic hydroxyl groups is 4. The number of aliphatic hydroxyl groups excluding tert-OH is 4. The van der Waals surface area contributed by atoms with Crippen LogP contribution in [0.25, 0.3) is 0 Å². The second kappa shape index (κ2) is 8.47. The Hall–Kier alpha value is -0.760. The van der Waals surface area contributed by atoms with Crippen molar-refractivity contribution in [3.63, 3.8) is 0 Å². The van der Waals surface area contributed by atoms with Gasteiger partial charge in [-0.05, 0) is 61.2 Å². The van der Waals surface area contributed by atoms with Crippen LogP contribution in [-0.2, 0) is 9.47 Å². The van der Waals surface area contributed by atoms with E-state index in [1.54, 1.807) is 5.57 Å². The first-order chi connectivity index (χ1) is 15.0. The van der Waals surface area contributed by atoms with Gasteiger partial charge in [0.05, 0.1) is 12.7 Å². The largest absolute Gasteiger partial charge is 0.394 e. The van der Waals surface area contributed by atoms with E-state index < -0.39 is 37.3 Å². The molecule has 0 aromatic rings. The van der Waals surface area contributed by atoms with Crippen molar-refractivity contribution in [3.8, 4) is 0 Å². The molecule has 4 rings (SSSR count). The van der Waals surface area contributed by atoms with Gasteiger partial charge in [-0.2, -0.15) is 0 Å². The molecule has 3 aliphatic carbocycles. The molecule has 10 unspecified atom stereocenters. The summed E-state index contributed by atoms with van der Waals surface area (Å²) in [5.41, 5.74) is 1.76. The van der Waals surface area contributed by atoms with Gasteiger partial charge in [0.25, 0.3) is 0 Å². The van der Waals surface area contributed by atoms with Crippen LogP contribution in [0.15, 0.2) is 24.3 Å². The molecule has 0 spiro atoms. The fourth-order valence-electron chi connectivity index (χ4n) is 7.48. The molecule has 1 heterocycles. The predicted molar refractivity (Wildman–Crippen MR) is 122 cm³/mol. The minimum atomic E-state index is -1.41. The third-order valence-electron chi connectivity index (χ3n) is 9.53. The third kappa shape index (κ3) is 3.81. The molecule has 0 bridgehead atoms. The maximum absolute atomic E-state index is 10.5. The van der Waals surface area contributed by atoms with E-state index in [4.69, 9.17) is 9.47 Å². The van der Waals surface area contributed by atoms with Gasteiger partial charge in [0.1, 0.15) is 24.4 Å². The van der Waals surface area contributed by atoms with Crippen LogP contribution in [0.2, 0.25) is 0 Å². The average molecular weight is 451 g/mol. The van der Waals surface area contributed by atoms with Gasteiger partial charge in [-0.3, -0.25) is 0 Å². The molecule has 4 N–H and O–H groups in total. The van der Waals surface area contributed by atoms with Crippen molar-refractivity contribution in [2.75, 3.05) is 6.61 Å². The second-order valence-electron chi connectivity index (χ2n) is 11.8. The second-order valence-corrected chi connectivity index (χ2v) is 11.8. The Balaban J connectivity index is 1.53. The molecule has 0 amide bonds. The fraction of sp³-hybridized carbons (Fsp3) is 0.846. The quantitative estimate of drug-likeness (QED) is 0.388. The average Bonchev–Trinajstić information content (AvgIpc) is 2.75. The van der Waals surface area contributed by atoms with Gasteiger partial charge in [-0.25, -0.2) is 0 Å². The number of hydrogen-bond acceptors (Lipinski definition) is 6. The van der Waals surface area contributed by atoms with Crippen LogP contribution in [0.1, 0.15) is 66.2 Å². The first kappa shape index (κ1) is 24.4. The van der Waals surface area contributed by atoms with Crippen molar-refractivity contribution in [2.24, 2.45) is 28.1 Å². The summed E-state index contributed by atoms with van der Waals surface area (Å²) >= 11 is 0. The van der Waals surface area contributed by atoms with Crippen LogP contribution in [0.3, 0.4) is 0 Å². The SMILES string of the molecule is C=CC1(C)C=C2CCC3C(C)(C)C(OC4OC(CO)C(O)C(O)C4O)CCC3(C)C2CC1. The van der Waals surface area contributed by atoms with Gasteiger partial charge in [-0.1, -0.05) is 45.4 Å². The van der Waals surface area contributed by atoms with Gasteiger partial charge < -0.3 is 29.9 Å². The molecule has 4 aliphatic rings. The summed E-state index contributed by atoms with van der Waals surface area (Å²) in [6.07, 6.45) is 4.71. The summed E-state index contributed by atoms with van der Waals surface area (Å²) in [5, 5.41) is 40.2. The Morgan fingerprint density at radius 2 is 1.78 bits per heavy atom. The molecule has 2 saturated carbocycles. The van der Waals surface area contributed by atoms with Crippen molar-refractivity contribution in [3.05, 3.63) is 24.3 Å². The highest BCUT2D eigenvalue weighted by Crippen LogP contribution is 2.64. The van der Waals surface area contributed by atoms with E-state index in [1.807, 2.05) is 0 Å². The van der Waals surface area contributed by atoms with E-state index in [-0.39, 0.29) is 22.3 Å². The first-order valence-corrected chi connectivity index (χ1v) is 12.3. The summed E-state index contributed by atoms with van der Waals surface area (Å²) in [6, 6.07) is 0. The van der Waals surface area contributed by atoms with Crippen LogP contribution >= 0.6 is 0 Å². The monoisotopic (exact) mass is 450 g/mol. The highest BCUT2D eigenvalue weighted by molar-refractivity contribution is 5.26. The predicted octanol–water partition coefficient (Wildman–Crippen LogP) is 2.94. The van der Waals surface area contributed by atoms with Crippen LogP contribution in [0, 0.1) is 28.1 Å². The van der Waals surface area contributed by atoms with Crippen molar-refractivity contribution in [1.29, 1.82) is 0 Å². The van der Waals surface area contributed by atoms with Crippen molar-refractivity contribution in [1.82, 2.24) is 0 Å². The highest BCUT2D eigenvalue weighted by Gasteiger charge is 2.58. The summed E-state index contributed by atoms with van der Waals surface area (Å²) in [7, 11) is 0. The molecule has 3 fully saturated rings. The number of hydrogen-bond donors (Lipinski definition) is 4.